The number of phenols is 4. The van der Waals surface area contributed by atoms with Crippen molar-refractivity contribution >= 4 is 11.0 Å². The van der Waals surface area contributed by atoms with Gasteiger partial charge >= 0.3 is 0 Å². The van der Waals surface area contributed by atoms with Gasteiger partial charge < -0.3 is 54.7 Å². The van der Waals surface area contributed by atoms with Crippen molar-refractivity contribution in [2.24, 2.45) is 0 Å². The summed E-state index contributed by atoms with van der Waals surface area (Å²) in [6.45, 7) is -0.783. The average molecular weight is 464 g/mol. The number of rotatable bonds is 5. The molecule has 33 heavy (non-hydrogen) atoms. The van der Waals surface area contributed by atoms with E-state index in [4.69, 9.17) is 19.0 Å². The Morgan fingerprint density at radius 1 is 0.970 bits per heavy atom. The molecular formula is C21H20O12. The molecule has 1 unspecified atom stereocenters. The number of hydrogen-bond donors (Lipinski definition) is 8. The van der Waals surface area contributed by atoms with Crippen LogP contribution in [0.15, 0.2) is 39.5 Å². The van der Waals surface area contributed by atoms with Crippen LogP contribution in [0.3, 0.4) is 0 Å². The molecule has 12 nitrogen and oxygen atoms in total. The van der Waals surface area contributed by atoms with Crippen LogP contribution in [0.2, 0.25) is 0 Å². The van der Waals surface area contributed by atoms with Crippen LogP contribution in [0, 0.1) is 0 Å². The Balaban J connectivity index is 1.88. The second kappa shape index (κ2) is 8.42. The van der Waals surface area contributed by atoms with Crippen molar-refractivity contribution in [3.8, 4) is 40.1 Å². The largest absolute Gasteiger partial charge is 0.508 e. The number of ether oxygens (including phenoxy) is 2. The molecule has 2 heterocycles. The predicted octanol–water partition coefficient (Wildman–Crippen LogP) is -0.539. The highest BCUT2D eigenvalue weighted by molar-refractivity contribution is 5.88. The molecule has 0 saturated carbocycles. The number of aliphatic hydroxyl groups is 4. The predicted molar refractivity (Wildman–Crippen MR) is 109 cm³/mol. The smallest absolute Gasteiger partial charge is 0.239 e. The molecule has 1 fully saturated rings. The van der Waals surface area contributed by atoms with E-state index < -0.39 is 71.5 Å². The van der Waals surface area contributed by atoms with Crippen molar-refractivity contribution in [3.05, 3.63) is 40.6 Å². The lowest BCUT2D eigenvalue weighted by Gasteiger charge is -2.19. The first-order chi connectivity index (χ1) is 15.6. The number of aromatic hydroxyl groups is 4. The van der Waals surface area contributed by atoms with Gasteiger partial charge in [0.15, 0.2) is 17.3 Å². The van der Waals surface area contributed by atoms with E-state index in [9.17, 15) is 40.5 Å². The van der Waals surface area contributed by atoms with Crippen LogP contribution in [0.5, 0.6) is 28.7 Å². The Hall–Kier alpha value is -3.55. The molecule has 5 atom stereocenters. The highest BCUT2D eigenvalue weighted by atomic mass is 16.7. The van der Waals surface area contributed by atoms with Crippen molar-refractivity contribution in [3.63, 3.8) is 0 Å². The molecule has 0 radical (unpaired) electrons. The zero-order valence-corrected chi connectivity index (χ0v) is 16.7. The minimum Gasteiger partial charge on any atom is -0.508 e. The van der Waals surface area contributed by atoms with Gasteiger partial charge in [0.1, 0.15) is 46.9 Å². The van der Waals surface area contributed by atoms with Gasteiger partial charge in [0.25, 0.3) is 0 Å². The molecule has 2 aromatic carbocycles. The summed E-state index contributed by atoms with van der Waals surface area (Å²) >= 11 is 0. The number of benzene rings is 2. The van der Waals surface area contributed by atoms with Crippen LogP contribution in [-0.4, -0.2) is 78.2 Å². The fourth-order valence-corrected chi connectivity index (χ4v) is 3.54. The Kier molecular flexibility index (Phi) is 5.78. The molecule has 176 valence electrons. The summed E-state index contributed by atoms with van der Waals surface area (Å²) in [7, 11) is 0. The summed E-state index contributed by atoms with van der Waals surface area (Å²) in [5.74, 6) is -3.00. The third kappa shape index (κ3) is 3.90. The van der Waals surface area contributed by atoms with Crippen molar-refractivity contribution in [1.82, 2.24) is 0 Å². The van der Waals surface area contributed by atoms with E-state index in [0.717, 1.165) is 24.3 Å². The summed E-state index contributed by atoms with van der Waals surface area (Å²) < 4.78 is 16.5. The fraction of sp³-hybridized carbons (Fsp3) is 0.286. The summed E-state index contributed by atoms with van der Waals surface area (Å²) in [5.41, 5.74) is -1.16. The lowest BCUT2D eigenvalue weighted by molar-refractivity contribution is -0.137. The van der Waals surface area contributed by atoms with Crippen molar-refractivity contribution < 1.29 is 54.7 Å². The first-order valence-electron chi connectivity index (χ1n) is 9.64. The van der Waals surface area contributed by atoms with Gasteiger partial charge in [-0.3, -0.25) is 4.79 Å². The lowest BCUT2D eigenvalue weighted by Crippen LogP contribution is -2.40. The first kappa shape index (κ1) is 22.6. The number of hydrogen-bond acceptors (Lipinski definition) is 12. The van der Waals surface area contributed by atoms with Gasteiger partial charge in [0, 0.05) is 17.7 Å². The SMILES string of the molecule is O=c1c(OC2O[C@H]([C@@H](O)CO)[C@H](O)[C@H]2O)c(-c2ccc(O)c(O)c2)oc2cc(O)cc(O)c12. The summed E-state index contributed by atoms with van der Waals surface area (Å²) in [6.07, 6.45) is -8.11. The first-order valence-corrected chi connectivity index (χ1v) is 9.64. The van der Waals surface area contributed by atoms with Crippen molar-refractivity contribution in [2.75, 3.05) is 6.61 Å². The standard InChI is InChI=1S/C21H20O12/c22-6-12(27)19-16(29)17(30)21(32-19)33-20-15(28)14-11(26)4-8(23)5-13(14)31-18(20)7-1-2-9(24)10(25)3-7/h1-5,12,16-17,19,21-27,29-30H,6H2/t12-,16+,17+,19+,21?/m0/s1. The molecule has 0 aliphatic carbocycles. The molecule has 0 bridgehead atoms. The van der Waals surface area contributed by atoms with Crippen LogP contribution in [-0.2, 0) is 4.74 Å². The second-order valence-corrected chi connectivity index (χ2v) is 7.45. The van der Waals surface area contributed by atoms with Gasteiger partial charge in [-0.2, -0.15) is 0 Å². The van der Waals surface area contributed by atoms with E-state index in [1.807, 2.05) is 0 Å². The second-order valence-electron chi connectivity index (χ2n) is 7.45. The van der Waals surface area contributed by atoms with E-state index in [2.05, 4.69) is 0 Å². The molecule has 3 aromatic rings. The number of phenolic OH excluding ortho intramolecular Hbond substituents is 4. The Labute approximate surface area is 184 Å². The van der Waals surface area contributed by atoms with E-state index in [0.29, 0.717) is 0 Å². The third-order valence-electron chi connectivity index (χ3n) is 5.21. The molecule has 1 aromatic heterocycles. The summed E-state index contributed by atoms with van der Waals surface area (Å²) in [5, 5.41) is 78.3. The molecule has 1 saturated heterocycles. The Morgan fingerprint density at radius 2 is 1.70 bits per heavy atom. The van der Waals surface area contributed by atoms with Crippen LogP contribution in [0.4, 0.5) is 0 Å². The van der Waals surface area contributed by atoms with Gasteiger partial charge in [-0.15, -0.1) is 0 Å². The normalized spacial score (nSPS) is 23.6. The molecule has 0 spiro atoms. The lowest BCUT2D eigenvalue weighted by atomic mass is 10.1. The molecule has 8 N–H and O–H groups in total. The van der Waals surface area contributed by atoms with E-state index in [-0.39, 0.29) is 22.3 Å². The maximum Gasteiger partial charge on any atom is 0.239 e. The maximum absolute atomic E-state index is 13.2. The van der Waals surface area contributed by atoms with Gasteiger partial charge in [-0.1, -0.05) is 0 Å². The average Bonchev–Trinajstić information content (AvgIpc) is 3.04. The van der Waals surface area contributed by atoms with Crippen LogP contribution < -0.4 is 10.2 Å². The minimum atomic E-state index is -1.75. The van der Waals surface area contributed by atoms with Gasteiger partial charge in [0.2, 0.25) is 17.5 Å². The molecule has 1 aliphatic rings. The fourth-order valence-electron chi connectivity index (χ4n) is 3.54. The molecule has 12 heteroatoms. The maximum atomic E-state index is 13.2. The van der Waals surface area contributed by atoms with E-state index in [1.54, 1.807) is 0 Å². The highest BCUT2D eigenvalue weighted by Gasteiger charge is 2.47. The van der Waals surface area contributed by atoms with Crippen LogP contribution >= 0.6 is 0 Å². The minimum absolute atomic E-state index is 0.0297. The van der Waals surface area contributed by atoms with Gasteiger partial charge in [-0.25, -0.2) is 0 Å². The van der Waals surface area contributed by atoms with E-state index in [1.165, 1.54) is 6.07 Å². The zero-order valence-electron chi connectivity index (χ0n) is 16.7. The van der Waals surface area contributed by atoms with E-state index >= 15 is 0 Å². The quantitative estimate of drug-likeness (QED) is 0.224. The number of fused-ring (bicyclic) bond motifs is 1. The van der Waals surface area contributed by atoms with Crippen LogP contribution in [0.1, 0.15) is 0 Å². The summed E-state index contributed by atoms with van der Waals surface area (Å²) in [4.78, 5) is 13.2. The highest BCUT2D eigenvalue weighted by Crippen LogP contribution is 2.39. The zero-order chi connectivity index (χ0) is 24.0. The Morgan fingerprint density at radius 3 is 2.36 bits per heavy atom. The number of aliphatic hydroxyl groups excluding tert-OH is 4. The topological polar surface area (TPSA) is 211 Å². The van der Waals surface area contributed by atoms with Crippen molar-refractivity contribution in [2.45, 2.75) is 30.7 Å². The summed E-state index contributed by atoms with van der Waals surface area (Å²) in [6, 6.07) is 5.38. The molecule has 0 amide bonds. The van der Waals surface area contributed by atoms with Gasteiger partial charge in [0.05, 0.1) is 6.61 Å². The monoisotopic (exact) mass is 464 g/mol. The van der Waals surface area contributed by atoms with Crippen LogP contribution in [0.25, 0.3) is 22.3 Å². The Bertz CT molecular complexity index is 1250. The van der Waals surface area contributed by atoms with Gasteiger partial charge in [-0.05, 0) is 18.2 Å². The van der Waals surface area contributed by atoms with Crippen molar-refractivity contribution in [1.29, 1.82) is 0 Å². The molecule has 1 aliphatic heterocycles. The third-order valence-corrected chi connectivity index (χ3v) is 5.21. The molecular weight excluding hydrogens is 444 g/mol. The molecule has 4 rings (SSSR count).